The minimum atomic E-state index is -0.344. The number of nitrogens with two attached hydrogens (primary N) is 1. The van der Waals surface area contributed by atoms with E-state index >= 15 is 0 Å². The van der Waals surface area contributed by atoms with Crippen LogP contribution >= 0.6 is 0 Å². The van der Waals surface area contributed by atoms with Gasteiger partial charge in [-0.2, -0.15) is 0 Å². The quantitative estimate of drug-likeness (QED) is 0.754. The lowest BCUT2D eigenvalue weighted by atomic mass is 10.1. The summed E-state index contributed by atoms with van der Waals surface area (Å²) in [5.74, 6) is 0.0632. The van der Waals surface area contributed by atoms with Crippen LogP contribution in [-0.4, -0.2) is 42.1 Å². The highest BCUT2D eigenvalue weighted by atomic mass is 16.5. The second kappa shape index (κ2) is 4.94. The number of amides is 1. The van der Waals surface area contributed by atoms with Crippen molar-refractivity contribution in [2.45, 2.75) is 45.3 Å². The third kappa shape index (κ3) is 3.47. The van der Waals surface area contributed by atoms with Crippen molar-refractivity contribution in [2.24, 2.45) is 5.73 Å². The number of rotatable bonds is 3. The minimum absolute atomic E-state index is 0.0632. The van der Waals surface area contributed by atoms with E-state index in [0.29, 0.717) is 19.7 Å². The lowest BCUT2D eigenvalue weighted by Crippen LogP contribution is -2.54. The van der Waals surface area contributed by atoms with Crippen LogP contribution < -0.4 is 5.73 Å². The highest BCUT2D eigenvalue weighted by Gasteiger charge is 2.31. The van der Waals surface area contributed by atoms with Gasteiger partial charge in [0.1, 0.15) is 0 Å². The number of hydrogen-bond acceptors (Lipinski definition) is 3. The normalized spacial score (nSPS) is 22.5. The molecule has 0 unspecified atom stereocenters. The smallest absolute Gasteiger partial charge is 0.239 e. The van der Waals surface area contributed by atoms with E-state index in [0.717, 1.165) is 12.8 Å². The molecule has 0 aromatic carbocycles. The Morgan fingerprint density at radius 2 is 2.27 bits per heavy atom. The maximum absolute atomic E-state index is 11.9. The van der Waals surface area contributed by atoms with E-state index in [-0.39, 0.29) is 17.6 Å². The molecule has 0 aromatic rings. The average Bonchev–Trinajstić information content (AvgIpc) is 2.15. The highest BCUT2D eigenvalue weighted by molar-refractivity contribution is 5.81. The fourth-order valence-electron chi connectivity index (χ4n) is 1.87. The van der Waals surface area contributed by atoms with Crippen LogP contribution in [0.15, 0.2) is 0 Å². The number of hydrogen-bond donors (Lipinski definition) is 1. The molecule has 0 aliphatic carbocycles. The van der Waals surface area contributed by atoms with E-state index in [4.69, 9.17) is 10.5 Å². The molecule has 0 aromatic heterocycles. The first-order valence-electron chi connectivity index (χ1n) is 5.64. The molecule has 1 aliphatic rings. The van der Waals surface area contributed by atoms with Crippen LogP contribution in [0.4, 0.5) is 0 Å². The fraction of sp³-hybridized carbons (Fsp3) is 0.909. The van der Waals surface area contributed by atoms with Gasteiger partial charge in [-0.3, -0.25) is 4.79 Å². The molecule has 1 saturated heterocycles. The van der Waals surface area contributed by atoms with Gasteiger partial charge in [-0.25, -0.2) is 0 Å². The molecular formula is C11H22N2O2. The topological polar surface area (TPSA) is 55.6 Å². The predicted molar refractivity (Wildman–Crippen MR) is 59.5 cm³/mol. The van der Waals surface area contributed by atoms with Crippen LogP contribution in [0.5, 0.6) is 0 Å². The van der Waals surface area contributed by atoms with E-state index < -0.39 is 0 Å². The molecule has 1 amide bonds. The standard InChI is InChI=1S/C11H22N2O2/c1-4-5-9(12)10(14)13-6-7-15-11(2,3)8-13/h9H,4-8,12H2,1-3H3/t9-/m0/s1. The van der Waals surface area contributed by atoms with Gasteiger partial charge in [0.15, 0.2) is 0 Å². The summed E-state index contributed by atoms with van der Waals surface area (Å²) in [5, 5.41) is 0. The summed E-state index contributed by atoms with van der Waals surface area (Å²) in [6, 6.07) is -0.344. The average molecular weight is 214 g/mol. The van der Waals surface area contributed by atoms with Crippen molar-refractivity contribution in [2.75, 3.05) is 19.7 Å². The second-order valence-corrected chi connectivity index (χ2v) is 4.76. The van der Waals surface area contributed by atoms with Gasteiger partial charge in [0.2, 0.25) is 5.91 Å². The Bertz CT molecular complexity index is 229. The molecule has 15 heavy (non-hydrogen) atoms. The van der Waals surface area contributed by atoms with Crippen molar-refractivity contribution < 1.29 is 9.53 Å². The van der Waals surface area contributed by atoms with E-state index in [1.165, 1.54) is 0 Å². The molecule has 0 radical (unpaired) electrons. The predicted octanol–water partition coefficient (Wildman–Crippen LogP) is 0.751. The summed E-state index contributed by atoms with van der Waals surface area (Å²) in [6.07, 6.45) is 1.71. The van der Waals surface area contributed by atoms with E-state index in [9.17, 15) is 4.79 Å². The fourth-order valence-corrected chi connectivity index (χ4v) is 1.87. The number of nitrogens with zero attached hydrogens (tertiary/aromatic N) is 1. The highest BCUT2D eigenvalue weighted by Crippen LogP contribution is 2.17. The molecule has 4 nitrogen and oxygen atoms in total. The molecule has 0 spiro atoms. The van der Waals surface area contributed by atoms with Crippen molar-refractivity contribution >= 4 is 5.91 Å². The first-order chi connectivity index (χ1) is 6.96. The molecule has 1 rings (SSSR count). The SMILES string of the molecule is CCC[C@H](N)C(=O)N1CCOC(C)(C)C1. The van der Waals surface area contributed by atoms with Crippen molar-refractivity contribution in [1.82, 2.24) is 4.90 Å². The molecule has 1 heterocycles. The molecular weight excluding hydrogens is 192 g/mol. The summed E-state index contributed by atoms with van der Waals surface area (Å²) in [6.45, 7) is 7.95. The van der Waals surface area contributed by atoms with Gasteiger partial charge in [-0.05, 0) is 20.3 Å². The second-order valence-electron chi connectivity index (χ2n) is 4.76. The van der Waals surface area contributed by atoms with Gasteiger partial charge in [0.25, 0.3) is 0 Å². The number of carbonyl (C=O) groups excluding carboxylic acids is 1. The Morgan fingerprint density at radius 1 is 1.60 bits per heavy atom. The summed E-state index contributed by atoms with van der Waals surface area (Å²) in [4.78, 5) is 13.7. The van der Waals surface area contributed by atoms with Crippen molar-refractivity contribution in [1.29, 1.82) is 0 Å². The summed E-state index contributed by atoms with van der Waals surface area (Å²) < 4.78 is 5.55. The van der Waals surface area contributed by atoms with Gasteiger partial charge in [-0.1, -0.05) is 13.3 Å². The maximum Gasteiger partial charge on any atom is 0.239 e. The maximum atomic E-state index is 11.9. The van der Waals surface area contributed by atoms with E-state index in [1.54, 1.807) is 0 Å². The molecule has 88 valence electrons. The molecule has 0 saturated carbocycles. The monoisotopic (exact) mass is 214 g/mol. The third-order valence-electron chi connectivity index (χ3n) is 2.65. The van der Waals surface area contributed by atoms with Gasteiger partial charge >= 0.3 is 0 Å². The van der Waals surface area contributed by atoms with Crippen LogP contribution in [0.1, 0.15) is 33.6 Å². The number of ether oxygens (including phenoxy) is 1. The molecule has 4 heteroatoms. The summed E-state index contributed by atoms with van der Waals surface area (Å²) in [5.41, 5.74) is 5.58. The lowest BCUT2D eigenvalue weighted by molar-refractivity contribution is -0.147. The van der Waals surface area contributed by atoms with E-state index in [1.807, 2.05) is 25.7 Å². The first kappa shape index (κ1) is 12.5. The van der Waals surface area contributed by atoms with Crippen molar-refractivity contribution in [3.8, 4) is 0 Å². The molecule has 2 N–H and O–H groups in total. The largest absolute Gasteiger partial charge is 0.372 e. The minimum Gasteiger partial charge on any atom is -0.372 e. The van der Waals surface area contributed by atoms with Crippen molar-refractivity contribution in [3.63, 3.8) is 0 Å². The number of carbonyl (C=O) groups is 1. The Kier molecular flexibility index (Phi) is 4.11. The van der Waals surface area contributed by atoms with Gasteiger partial charge in [-0.15, -0.1) is 0 Å². The van der Waals surface area contributed by atoms with Gasteiger partial charge < -0.3 is 15.4 Å². The zero-order valence-electron chi connectivity index (χ0n) is 9.95. The third-order valence-corrected chi connectivity index (χ3v) is 2.65. The summed E-state index contributed by atoms with van der Waals surface area (Å²) >= 11 is 0. The zero-order valence-corrected chi connectivity index (χ0v) is 9.95. The first-order valence-corrected chi connectivity index (χ1v) is 5.64. The molecule has 1 fully saturated rings. The Balaban J connectivity index is 2.52. The Morgan fingerprint density at radius 3 is 2.80 bits per heavy atom. The van der Waals surface area contributed by atoms with E-state index in [2.05, 4.69) is 0 Å². The lowest BCUT2D eigenvalue weighted by Gasteiger charge is -2.39. The zero-order chi connectivity index (χ0) is 11.5. The Labute approximate surface area is 91.8 Å². The van der Waals surface area contributed by atoms with Gasteiger partial charge in [0.05, 0.1) is 18.2 Å². The molecule has 0 bridgehead atoms. The summed E-state index contributed by atoms with van der Waals surface area (Å²) in [7, 11) is 0. The van der Waals surface area contributed by atoms with Crippen LogP contribution in [0.3, 0.4) is 0 Å². The van der Waals surface area contributed by atoms with Crippen molar-refractivity contribution in [3.05, 3.63) is 0 Å². The Hall–Kier alpha value is -0.610. The molecule has 1 aliphatic heterocycles. The van der Waals surface area contributed by atoms with Crippen LogP contribution in [-0.2, 0) is 9.53 Å². The van der Waals surface area contributed by atoms with Crippen LogP contribution in [0, 0.1) is 0 Å². The van der Waals surface area contributed by atoms with Gasteiger partial charge in [0, 0.05) is 13.1 Å². The van der Waals surface area contributed by atoms with Crippen LogP contribution in [0.25, 0.3) is 0 Å². The van der Waals surface area contributed by atoms with Crippen LogP contribution in [0.2, 0.25) is 0 Å². The number of morpholine rings is 1. The molecule has 1 atom stereocenters.